The topological polar surface area (TPSA) is 50.2 Å². The van der Waals surface area contributed by atoms with E-state index in [2.05, 4.69) is 19.9 Å². The Morgan fingerprint density at radius 3 is 2.62 bits per heavy atom. The highest BCUT2D eigenvalue weighted by atomic mass is 16.5. The standard InChI is InChI=1S/C18H27N2O/c1-6-7-8-9-13(2)15(4)12-17(19)18-16(5)14(3)10-11-20(18)21/h7-9,12,18-19H,6,10-11H2,1-5H3/q-1/b8-7-,13-9-,15-12+,19-17?. The van der Waals surface area contributed by atoms with E-state index in [0.717, 1.165) is 34.6 Å². The van der Waals surface area contributed by atoms with Crippen molar-refractivity contribution in [3.63, 3.8) is 0 Å². The average Bonchev–Trinajstić information content (AvgIpc) is 2.43. The fourth-order valence-electron chi connectivity index (χ4n) is 2.35. The zero-order chi connectivity index (χ0) is 16.0. The summed E-state index contributed by atoms with van der Waals surface area (Å²) in [5.41, 5.74) is 4.80. The molecule has 1 N–H and O–H groups in total. The lowest BCUT2D eigenvalue weighted by molar-refractivity contribution is 0.348. The minimum absolute atomic E-state index is 0.381. The van der Waals surface area contributed by atoms with E-state index in [-0.39, 0.29) is 0 Å². The molecule has 0 aromatic heterocycles. The van der Waals surface area contributed by atoms with Crippen molar-refractivity contribution >= 4 is 5.71 Å². The summed E-state index contributed by atoms with van der Waals surface area (Å²) in [5, 5.41) is 21.3. The van der Waals surface area contributed by atoms with Crippen molar-refractivity contribution < 1.29 is 0 Å². The van der Waals surface area contributed by atoms with Crippen molar-refractivity contribution in [1.29, 1.82) is 5.41 Å². The Morgan fingerprint density at radius 2 is 2.00 bits per heavy atom. The van der Waals surface area contributed by atoms with Crippen LogP contribution < -0.4 is 0 Å². The third-order valence-corrected chi connectivity index (χ3v) is 4.09. The van der Waals surface area contributed by atoms with Crippen LogP contribution in [0.25, 0.3) is 0 Å². The van der Waals surface area contributed by atoms with Gasteiger partial charge in [0.1, 0.15) is 0 Å². The molecule has 0 bridgehead atoms. The maximum Gasteiger partial charge on any atom is 0.0615 e. The predicted octanol–water partition coefficient (Wildman–Crippen LogP) is 4.77. The number of nitrogens with one attached hydrogen (secondary N) is 1. The Bertz CT molecular complexity index is 509. The van der Waals surface area contributed by atoms with E-state index in [1.54, 1.807) is 0 Å². The van der Waals surface area contributed by atoms with E-state index in [0.29, 0.717) is 12.3 Å². The summed E-state index contributed by atoms with van der Waals surface area (Å²) in [6.45, 7) is 10.6. The van der Waals surface area contributed by atoms with Gasteiger partial charge in [0.15, 0.2) is 0 Å². The molecule has 0 saturated carbocycles. The molecule has 0 fully saturated rings. The molecule has 0 spiro atoms. The van der Waals surface area contributed by atoms with Crippen LogP contribution in [-0.2, 0) is 0 Å². The van der Waals surface area contributed by atoms with Gasteiger partial charge in [-0.1, -0.05) is 36.3 Å². The van der Waals surface area contributed by atoms with Crippen LogP contribution in [0.5, 0.6) is 0 Å². The fourth-order valence-corrected chi connectivity index (χ4v) is 2.35. The van der Waals surface area contributed by atoms with Gasteiger partial charge < -0.3 is 15.7 Å². The molecule has 1 rings (SSSR count). The zero-order valence-electron chi connectivity index (χ0n) is 13.9. The number of hydrogen-bond acceptors (Lipinski definition) is 3. The Kier molecular flexibility index (Phi) is 6.79. The summed E-state index contributed by atoms with van der Waals surface area (Å²) in [6.07, 6.45) is 9.82. The van der Waals surface area contributed by atoms with Crippen molar-refractivity contribution in [2.75, 3.05) is 6.54 Å². The van der Waals surface area contributed by atoms with E-state index in [9.17, 15) is 5.21 Å². The van der Waals surface area contributed by atoms with Gasteiger partial charge in [0.05, 0.1) is 11.8 Å². The molecule has 1 aliphatic heterocycles. The van der Waals surface area contributed by atoms with Crippen LogP contribution in [0.2, 0.25) is 0 Å². The van der Waals surface area contributed by atoms with Gasteiger partial charge in [0.25, 0.3) is 0 Å². The number of hydroxylamine groups is 2. The Hall–Kier alpha value is -1.45. The summed E-state index contributed by atoms with van der Waals surface area (Å²) in [5.74, 6) is 0. The van der Waals surface area contributed by atoms with E-state index in [4.69, 9.17) is 5.41 Å². The number of hydrogen-bond donors (Lipinski definition) is 1. The lowest BCUT2D eigenvalue weighted by atomic mass is 9.92. The number of nitrogens with zero attached hydrogens (tertiary/aromatic N) is 1. The molecule has 0 radical (unpaired) electrons. The second-order valence-electron chi connectivity index (χ2n) is 5.73. The van der Waals surface area contributed by atoms with Gasteiger partial charge in [0.2, 0.25) is 0 Å². The molecule has 116 valence electrons. The fraction of sp³-hybridized carbons (Fsp3) is 0.500. The van der Waals surface area contributed by atoms with E-state index >= 15 is 0 Å². The highest BCUT2D eigenvalue weighted by Crippen LogP contribution is 2.24. The molecule has 0 amide bonds. The largest absolute Gasteiger partial charge is 0.784 e. The minimum Gasteiger partial charge on any atom is -0.784 e. The molecule has 0 aliphatic carbocycles. The zero-order valence-corrected chi connectivity index (χ0v) is 13.9. The first-order chi connectivity index (χ1) is 9.88. The van der Waals surface area contributed by atoms with Gasteiger partial charge in [-0.2, -0.15) is 0 Å². The van der Waals surface area contributed by atoms with E-state index in [1.807, 2.05) is 39.0 Å². The molecule has 1 unspecified atom stereocenters. The summed E-state index contributed by atoms with van der Waals surface area (Å²) < 4.78 is 0. The van der Waals surface area contributed by atoms with Crippen LogP contribution in [0.15, 0.2) is 46.6 Å². The lowest BCUT2D eigenvalue weighted by Crippen LogP contribution is -2.41. The first-order valence-corrected chi connectivity index (χ1v) is 7.59. The quantitative estimate of drug-likeness (QED) is 0.449. The predicted molar refractivity (Wildman–Crippen MR) is 91.5 cm³/mol. The second kappa shape index (κ2) is 8.11. The van der Waals surface area contributed by atoms with E-state index in [1.165, 1.54) is 5.57 Å². The average molecular weight is 287 g/mol. The van der Waals surface area contributed by atoms with Crippen LogP contribution in [-0.4, -0.2) is 23.4 Å². The lowest BCUT2D eigenvalue weighted by Gasteiger charge is -2.42. The Morgan fingerprint density at radius 1 is 1.33 bits per heavy atom. The normalized spacial score (nSPS) is 22.3. The van der Waals surface area contributed by atoms with Crippen LogP contribution in [0.4, 0.5) is 0 Å². The molecule has 0 aromatic carbocycles. The van der Waals surface area contributed by atoms with Gasteiger partial charge >= 0.3 is 0 Å². The molecule has 3 heteroatoms. The van der Waals surface area contributed by atoms with E-state index < -0.39 is 6.04 Å². The SMILES string of the molecule is CC\C=C/C=C(C)\C(C)=C\C(=N)C1C(C)=C(C)CCN1[O-]. The minimum atomic E-state index is -0.423. The van der Waals surface area contributed by atoms with Gasteiger partial charge in [-0.05, 0) is 64.3 Å². The number of allylic oxidation sites excluding steroid dienone is 5. The molecule has 3 nitrogen and oxygen atoms in total. The molecule has 0 aromatic rings. The molecule has 21 heavy (non-hydrogen) atoms. The van der Waals surface area contributed by atoms with Crippen LogP contribution in [0, 0.1) is 10.6 Å². The third-order valence-electron chi connectivity index (χ3n) is 4.09. The highest BCUT2D eigenvalue weighted by Gasteiger charge is 2.22. The van der Waals surface area contributed by atoms with Gasteiger partial charge in [-0.15, -0.1) is 0 Å². The van der Waals surface area contributed by atoms with Gasteiger partial charge in [-0.25, -0.2) is 0 Å². The van der Waals surface area contributed by atoms with Crippen LogP contribution >= 0.6 is 0 Å². The molecular weight excluding hydrogens is 260 g/mol. The Balaban J connectivity index is 2.93. The maximum atomic E-state index is 12.0. The van der Waals surface area contributed by atoms with Crippen molar-refractivity contribution in [3.05, 3.63) is 51.8 Å². The smallest absolute Gasteiger partial charge is 0.0615 e. The monoisotopic (exact) mass is 287 g/mol. The molecule has 1 atom stereocenters. The number of rotatable bonds is 5. The first kappa shape index (κ1) is 17.6. The van der Waals surface area contributed by atoms with Crippen LogP contribution in [0.1, 0.15) is 47.5 Å². The van der Waals surface area contributed by atoms with Crippen molar-refractivity contribution in [1.82, 2.24) is 5.06 Å². The second-order valence-corrected chi connectivity index (χ2v) is 5.73. The summed E-state index contributed by atoms with van der Waals surface area (Å²) in [7, 11) is 0. The summed E-state index contributed by atoms with van der Waals surface area (Å²) >= 11 is 0. The first-order valence-electron chi connectivity index (χ1n) is 7.59. The Labute approximate surface area is 128 Å². The molecule has 1 aliphatic rings. The molecular formula is C18H27N2O-. The van der Waals surface area contributed by atoms with Crippen molar-refractivity contribution in [2.24, 2.45) is 0 Å². The third kappa shape index (κ3) is 4.80. The van der Waals surface area contributed by atoms with Gasteiger partial charge in [0, 0.05) is 0 Å². The molecule has 0 saturated heterocycles. The van der Waals surface area contributed by atoms with Crippen molar-refractivity contribution in [2.45, 2.75) is 53.5 Å². The molecule has 1 heterocycles. The van der Waals surface area contributed by atoms with Gasteiger partial charge in [-0.3, -0.25) is 0 Å². The van der Waals surface area contributed by atoms with Crippen LogP contribution in [0.3, 0.4) is 0 Å². The highest BCUT2D eigenvalue weighted by molar-refractivity contribution is 6.00. The summed E-state index contributed by atoms with van der Waals surface area (Å²) in [6, 6.07) is -0.423. The van der Waals surface area contributed by atoms with Crippen molar-refractivity contribution in [3.8, 4) is 0 Å². The maximum absolute atomic E-state index is 12.0. The summed E-state index contributed by atoms with van der Waals surface area (Å²) in [4.78, 5) is 0.